The summed E-state index contributed by atoms with van der Waals surface area (Å²) in [7, 11) is 3.20. The number of oxime groups is 1. The van der Waals surface area contributed by atoms with Gasteiger partial charge in [-0.25, -0.2) is 0 Å². The van der Waals surface area contributed by atoms with Gasteiger partial charge < -0.3 is 25.7 Å². The molecule has 1 aromatic rings. The quantitative estimate of drug-likeness (QED) is 0.300. The fourth-order valence-electron chi connectivity index (χ4n) is 1.76. The molecule has 4 N–H and O–H groups in total. The summed E-state index contributed by atoms with van der Waals surface area (Å²) in [6.07, 6.45) is 0.739. The van der Waals surface area contributed by atoms with Crippen molar-refractivity contribution in [3.05, 3.63) is 23.8 Å². The van der Waals surface area contributed by atoms with Gasteiger partial charge in [0.25, 0.3) is 0 Å². The zero-order valence-electron chi connectivity index (χ0n) is 11.5. The lowest BCUT2D eigenvalue weighted by Gasteiger charge is -2.16. The van der Waals surface area contributed by atoms with E-state index >= 15 is 0 Å². The summed E-state index contributed by atoms with van der Waals surface area (Å²) >= 11 is 0. The largest absolute Gasteiger partial charge is 0.493 e. The number of amidine groups is 1. The van der Waals surface area contributed by atoms with Gasteiger partial charge in [0.15, 0.2) is 17.3 Å². The van der Waals surface area contributed by atoms with E-state index < -0.39 is 0 Å². The highest BCUT2D eigenvalue weighted by molar-refractivity contribution is 5.85. The van der Waals surface area contributed by atoms with E-state index in [1.54, 1.807) is 14.2 Å². The molecule has 1 unspecified atom stereocenters. The summed E-state index contributed by atoms with van der Waals surface area (Å²) in [4.78, 5) is 0. The molecular weight excluding hydrogens is 246 g/mol. The first-order chi connectivity index (χ1) is 9.15. The van der Waals surface area contributed by atoms with Gasteiger partial charge in [0.2, 0.25) is 0 Å². The average molecular weight is 267 g/mol. The highest BCUT2D eigenvalue weighted by Crippen LogP contribution is 2.27. The summed E-state index contributed by atoms with van der Waals surface area (Å²) in [6.45, 7) is 2.55. The van der Waals surface area contributed by atoms with E-state index in [-0.39, 0.29) is 11.9 Å². The van der Waals surface area contributed by atoms with Gasteiger partial charge >= 0.3 is 0 Å². The molecule has 19 heavy (non-hydrogen) atoms. The lowest BCUT2D eigenvalue weighted by Crippen LogP contribution is -2.40. The smallest absolute Gasteiger partial charge is 0.161 e. The maximum absolute atomic E-state index is 8.67. The van der Waals surface area contributed by atoms with Gasteiger partial charge in [-0.15, -0.1) is 0 Å². The van der Waals surface area contributed by atoms with E-state index in [1.807, 2.05) is 25.1 Å². The van der Waals surface area contributed by atoms with Crippen molar-refractivity contribution in [2.75, 3.05) is 14.2 Å². The Hall–Kier alpha value is -1.95. The molecule has 0 amide bonds. The fraction of sp³-hybridized carbons (Fsp3) is 0.462. The van der Waals surface area contributed by atoms with Crippen LogP contribution in [0.2, 0.25) is 0 Å². The van der Waals surface area contributed by atoms with Crippen LogP contribution in [-0.2, 0) is 6.54 Å². The van der Waals surface area contributed by atoms with Crippen molar-refractivity contribution in [1.29, 1.82) is 0 Å². The standard InChI is InChI=1S/C13H21N3O3/c1-4-10(13(14)16-17)15-8-9-5-6-11(18-2)12(7-9)19-3/h5-7,10,15,17H,4,8H2,1-3H3,(H2,14,16). The molecule has 0 fully saturated rings. The third kappa shape index (κ3) is 4.03. The van der Waals surface area contributed by atoms with Crippen molar-refractivity contribution >= 4 is 5.84 Å². The third-order valence-corrected chi connectivity index (χ3v) is 2.88. The summed E-state index contributed by atoms with van der Waals surface area (Å²) in [6, 6.07) is 5.52. The van der Waals surface area contributed by atoms with Crippen LogP contribution in [0, 0.1) is 0 Å². The second-order valence-electron chi connectivity index (χ2n) is 4.06. The minimum absolute atomic E-state index is 0.155. The number of nitrogens with zero attached hydrogens (tertiary/aromatic N) is 1. The van der Waals surface area contributed by atoms with Gasteiger partial charge in [0, 0.05) is 6.54 Å². The summed E-state index contributed by atoms with van der Waals surface area (Å²) in [5.41, 5.74) is 6.62. The van der Waals surface area contributed by atoms with Gasteiger partial charge in [-0.05, 0) is 24.1 Å². The molecule has 0 aliphatic carbocycles. The van der Waals surface area contributed by atoms with Crippen LogP contribution in [0.15, 0.2) is 23.4 Å². The van der Waals surface area contributed by atoms with Crippen molar-refractivity contribution in [3.63, 3.8) is 0 Å². The van der Waals surface area contributed by atoms with Gasteiger partial charge in [0.1, 0.15) is 0 Å². The number of nitrogens with one attached hydrogen (secondary N) is 1. The number of ether oxygens (including phenoxy) is 2. The molecule has 6 nitrogen and oxygen atoms in total. The molecule has 0 saturated heterocycles. The Morgan fingerprint density at radius 3 is 2.58 bits per heavy atom. The maximum atomic E-state index is 8.67. The third-order valence-electron chi connectivity index (χ3n) is 2.88. The number of rotatable bonds is 7. The van der Waals surface area contributed by atoms with Gasteiger partial charge in [0.05, 0.1) is 20.3 Å². The number of nitrogens with two attached hydrogens (primary N) is 1. The topological polar surface area (TPSA) is 89.1 Å². The zero-order chi connectivity index (χ0) is 14.3. The SMILES string of the molecule is CCC(NCc1ccc(OC)c(OC)c1)C(N)=NO. The van der Waals surface area contributed by atoms with Crippen LogP contribution in [0.5, 0.6) is 11.5 Å². The molecule has 0 aliphatic rings. The molecule has 1 atom stereocenters. The van der Waals surface area contributed by atoms with Crippen LogP contribution < -0.4 is 20.5 Å². The number of methoxy groups -OCH3 is 2. The molecule has 106 valence electrons. The van der Waals surface area contributed by atoms with Gasteiger partial charge in [-0.1, -0.05) is 18.1 Å². The van der Waals surface area contributed by atoms with Crippen molar-refractivity contribution < 1.29 is 14.7 Å². The Labute approximate surface area is 113 Å². The highest BCUT2D eigenvalue weighted by Gasteiger charge is 2.11. The number of benzene rings is 1. The van der Waals surface area contributed by atoms with Gasteiger partial charge in [-0.3, -0.25) is 0 Å². The van der Waals surface area contributed by atoms with Crippen LogP contribution in [-0.4, -0.2) is 31.3 Å². The minimum Gasteiger partial charge on any atom is -0.493 e. The summed E-state index contributed by atoms with van der Waals surface area (Å²) < 4.78 is 10.4. The Morgan fingerprint density at radius 1 is 1.37 bits per heavy atom. The first kappa shape index (κ1) is 15.1. The molecule has 0 spiro atoms. The second-order valence-corrected chi connectivity index (χ2v) is 4.06. The van der Waals surface area contributed by atoms with Crippen LogP contribution in [0.1, 0.15) is 18.9 Å². The first-order valence-electron chi connectivity index (χ1n) is 6.07. The van der Waals surface area contributed by atoms with Crippen LogP contribution in [0.3, 0.4) is 0 Å². The van der Waals surface area contributed by atoms with Crippen LogP contribution >= 0.6 is 0 Å². The molecule has 0 aliphatic heterocycles. The maximum Gasteiger partial charge on any atom is 0.161 e. The molecule has 0 bridgehead atoms. The fourth-order valence-corrected chi connectivity index (χ4v) is 1.76. The molecule has 6 heteroatoms. The van der Waals surface area contributed by atoms with Crippen molar-refractivity contribution in [2.24, 2.45) is 10.9 Å². The molecule has 0 aromatic heterocycles. The first-order valence-corrected chi connectivity index (χ1v) is 6.07. The van der Waals surface area contributed by atoms with E-state index in [0.717, 1.165) is 12.0 Å². The highest BCUT2D eigenvalue weighted by atomic mass is 16.5. The van der Waals surface area contributed by atoms with Crippen molar-refractivity contribution in [3.8, 4) is 11.5 Å². The van der Waals surface area contributed by atoms with E-state index in [0.29, 0.717) is 18.0 Å². The Bertz CT molecular complexity index is 435. The molecule has 1 aromatic carbocycles. The van der Waals surface area contributed by atoms with E-state index in [1.165, 1.54) is 0 Å². The predicted molar refractivity (Wildman–Crippen MR) is 73.9 cm³/mol. The number of hydrogen-bond donors (Lipinski definition) is 3. The van der Waals surface area contributed by atoms with Crippen LogP contribution in [0.25, 0.3) is 0 Å². The average Bonchev–Trinajstić information content (AvgIpc) is 2.47. The lowest BCUT2D eigenvalue weighted by atomic mass is 10.1. The Morgan fingerprint density at radius 2 is 2.05 bits per heavy atom. The second kappa shape index (κ2) is 7.48. The van der Waals surface area contributed by atoms with E-state index in [9.17, 15) is 0 Å². The Balaban J connectivity index is 2.72. The van der Waals surface area contributed by atoms with Gasteiger partial charge in [-0.2, -0.15) is 0 Å². The molecule has 0 radical (unpaired) electrons. The van der Waals surface area contributed by atoms with Crippen molar-refractivity contribution in [1.82, 2.24) is 5.32 Å². The Kier molecular flexibility index (Phi) is 5.95. The summed E-state index contributed by atoms with van der Waals surface area (Å²) in [5.74, 6) is 1.55. The van der Waals surface area contributed by atoms with E-state index in [4.69, 9.17) is 20.4 Å². The molecule has 0 heterocycles. The minimum atomic E-state index is -0.155. The normalized spacial score (nSPS) is 13.1. The van der Waals surface area contributed by atoms with E-state index in [2.05, 4.69) is 10.5 Å². The zero-order valence-corrected chi connectivity index (χ0v) is 11.5. The summed E-state index contributed by atoms with van der Waals surface area (Å²) in [5, 5.41) is 14.9. The molecular formula is C13H21N3O3. The van der Waals surface area contributed by atoms with Crippen molar-refractivity contribution in [2.45, 2.75) is 25.9 Å². The van der Waals surface area contributed by atoms with Crippen LogP contribution in [0.4, 0.5) is 0 Å². The number of hydrogen-bond acceptors (Lipinski definition) is 5. The lowest BCUT2D eigenvalue weighted by molar-refractivity contribution is 0.314. The molecule has 1 rings (SSSR count). The molecule has 0 saturated carbocycles. The monoisotopic (exact) mass is 267 g/mol. The predicted octanol–water partition coefficient (Wildman–Crippen LogP) is 1.32.